The normalized spacial score (nSPS) is 17.9. The fraction of sp³-hybridized carbons (Fsp3) is 0.667. The van der Waals surface area contributed by atoms with Crippen LogP contribution in [0.5, 0.6) is 0 Å². The van der Waals surface area contributed by atoms with E-state index in [0.717, 1.165) is 16.7 Å². The summed E-state index contributed by atoms with van der Waals surface area (Å²) in [5, 5.41) is 23.7. The zero-order valence-corrected chi connectivity index (χ0v) is 65.1. The van der Waals surface area contributed by atoms with E-state index < -0.39 is 143 Å². The van der Waals surface area contributed by atoms with Crippen molar-refractivity contribution in [2.24, 2.45) is 58.8 Å². The van der Waals surface area contributed by atoms with Gasteiger partial charge in [-0.1, -0.05) is 118 Å². The Morgan fingerprint density at radius 3 is 2.00 bits per heavy atom. The Morgan fingerprint density at radius 1 is 0.745 bits per heavy atom. The number of primary amides is 2. The number of aliphatic hydroxyl groups is 1. The van der Waals surface area contributed by atoms with Gasteiger partial charge in [-0.15, -0.1) is 11.8 Å². The lowest BCUT2D eigenvalue weighted by Gasteiger charge is -2.41. The molecule has 0 spiro atoms. The molecule has 2 aromatic rings. The minimum Gasteiger partial charge on any atom is -0.445 e. The zero-order chi connectivity index (χ0) is 79.2. The van der Waals surface area contributed by atoms with Gasteiger partial charge in [-0.05, 0) is 92.4 Å². The Hall–Kier alpha value is -8.10. The number of carbonyl (C=O) groups excluding carboxylic acids is 13. The number of nitrogens with one attached hydrogen (secondary N) is 5. The number of thioether (sulfide) groups is 1. The molecule has 12 N–H and O–H groups in total. The number of amides is 12. The molecule has 2 aliphatic rings. The summed E-state index contributed by atoms with van der Waals surface area (Å²) in [6.07, 6.45) is -0.239. The summed E-state index contributed by atoms with van der Waals surface area (Å²) < 4.78 is 17.8. The average Bonchev–Trinajstić information content (AvgIpc) is 1.41. The maximum absolute atomic E-state index is 14.9. The van der Waals surface area contributed by atoms with Crippen LogP contribution in [0.4, 0.5) is 15.3 Å². The smallest absolute Gasteiger partial charge is 0.410 e. The van der Waals surface area contributed by atoms with E-state index in [0.29, 0.717) is 61.9 Å². The number of imide groups is 1. The topological polar surface area (TPSA) is 430 Å². The van der Waals surface area contributed by atoms with E-state index in [1.165, 1.54) is 26.2 Å². The third-order valence-electron chi connectivity index (χ3n) is 20.1. The van der Waals surface area contributed by atoms with Crippen molar-refractivity contribution in [1.82, 2.24) is 40.9 Å². The van der Waals surface area contributed by atoms with Gasteiger partial charge in [-0.25, -0.2) is 15.5 Å². The molecule has 2 aromatic carbocycles. The number of hydrogen-bond acceptors (Lipinski definition) is 20. The zero-order valence-electron chi connectivity index (χ0n) is 64.3. The number of ether oxygens (including phenoxy) is 3. The van der Waals surface area contributed by atoms with Crippen LogP contribution in [0, 0.1) is 41.4 Å². The molecule has 592 valence electrons. The monoisotopic (exact) mass is 1510 g/mol. The Kier molecular flexibility index (Phi) is 38.2. The van der Waals surface area contributed by atoms with Gasteiger partial charge in [0.05, 0.1) is 66.1 Å². The molecule has 0 aromatic heterocycles. The average molecular weight is 1510 g/mol. The first-order valence-corrected chi connectivity index (χ1v) is 37.9. The van der Waals surface area contributed by atoms with Crippen LogP contribution in [-0.4, -0.2) is 216 Å². The molecule has 14 atom stereocenters. The number of urea groups is 1. The summed E-state index contributed by atoms with van der Waals surface area (Å²) >= 11 is 1.01. The number of hydrogen-bond donors (Lipinski definition) is 9. The lowest BCUT2D eigenvalue weighted by Crippen LogP contribution is -2.55. The van der Waals surface area contributed by atoms with Gasteiger partial charge in [-0.2, -0.15) is 0 Å². The summed E-state index contributed by atoms with van der Waals surface area (Å²) in [5.74, 6) is -3.75. The quantitative estimate of drug-likeness (QED) is 0.0238. The molecule has 31 heteroatoms. The number of nitrogens with zero attached hydrogens (tertiary/aromatic N) is 4. The van der Waals surface area contributed by atoms with Gasteiger partial charge in [0.2, 0.25) is 53.2 Å². The number of benzene rings is 2. The van der Waals surface area contributed by atoms with Gasteiger partial charge in [0.15, 0.2) is 11.6 Å². The molecular weight excluding hydrogens is 1390 g/mol. The van der Waals surface area contributed by atoms with Gasteiger partial charge in [-0.3, -0.25) is 62.5 Å². The van der Waals surface area contributed by atoms with E-state index in [9.17, 15) is 67.4 Å². The van der Waals surface area contributed by atoms with Crippen molar-refractivity contribution in [2.75, 3.05) is 65.6 Å². The Morgan fingerprint density at radius 2 is 1.42 bits per heavy atom. The van der Waals surface area contributed by atoms with Crippen LogP contribution in [0.15, 0.2) is 54.6 Å². The number of Topliss-reactive ketones (excluding diaryl/α,β-unsaturated/α-hetero) is 2. The molecule has 2 saturated heterocycles. The Labute approximate surface area is 628 Å². The minimum absolute atomic E-state index is 0.0285. The summed E-state index contributed by atoms with van der Waals surface area (Å²) in [6.45, 7) is 18.2. The van der Waals surface area contributed by atoms with Gasteiger partial charge < -0.3 is 72.1 Å². The van der Waals surface area contributed by atoms with Gasteiger partial charge >= 0.3 is 12.1 Å². The second-order valence-corrected chi connectivity index (χ2v) is 30.2. The highest BCUT2D eigenvalue weighted by molar-refractivity contribution is 8.00. The standard InChI is InChI=1S/C75H118N12O18S/c1-15-46(8)66(58(102-13)38-62(92)86-35-23-27-55(86)68(103-14)47(9)70(96)80-48(10)67(94)50-24-18-16-19-25-50)84(11)72(98)53(43(2)3)37-57(89)65(45(6)7)85(12)75(101)104-40-49-29-31-52(32-30-49)81-71(97)51(26-22-33-79-74(77)100)36-56(88)64(44(4)5)83-60(90)28-20-17-21-34-87-63(93)39-59(73(87)99)106-42-54(69(76)95)82-61(91)41-105-78/h16,18-19,24-25,29-32,43-48,51,53-55,58-59,64-68,94H,15,17,20-23,26-28,33-42,78H2,1-14H3,(H2,76,95)(H,80,96)(H,81,97)(H,82,91)(H,83,90)(H3,77,79,100)/t46-,47+,48+,51+,53-,54?,55-,58+,59?,64-,65-,66-,67+,68+/m0/s1. The highest BCUT2D eigenvalue weighted by Gasteiger charge is 2.45. The fourth-order valence-corrected chi connectivity index (χ4v) is 15.0. The van der Waals surface area contributed by atoms with Crippen LogP contribution in [0.25, 0.3) is 0 Å². The lowest BCUT2D eigenvalue weighted by molar-refractivity contribution is -0.149. The third-order valence-corrected chi connectivity index (χ3v) is 21.4. The molecule has 106 heavy (non-hydrogen) atoms. The number of likely N-dealkylation sites (tertiary alicyclic amines) is 2. The number of carbonyl (C=O) groups is 13. The van der Waals surface area contributed by atoms with E-state index in [1.807, 2.05) is 45.9 Å². The van der Waals surface area contributed by atoms with Crippen molar-refractivity contribution in [3.8, 4) is 0 Å². The number of anilines is 1. The first-order chi connectivity index (χ1) is 50.1. The molecule has 0 aliphatic carbocycles. The molecule has 2 aliphatic heterocycles. The number of methoxy groups -OCH3 is 2. The van der Waals surface area contributed by atoms with Gasteiger partial charge in [0.25, 0.3) is 0 Å². The van der Waals surface area contributed by atoms with Crippen LogP contribution in [0.1, 0.15) is 170 Å². The molecule has 2 unspecified atom stereocenters. The highest BCUT2D eigenvalue weighted by atomic mass is 32.2. The number of likely N-dealkylation sites (N-methyl/N-ethyl adjacent to an activating group) is 2. The van der Waals surface area contributed by atoms with E-state index in [-0.39, 0.29) is 112 Å². The predicted molar refractivity (Wildman–Crippen MR) is 399 cm³/mol. The van der Waals surface area contributed by atoms with E-state index in [2.05, 4.69) is 31.4 Å². The van der Waals surface area contributed by atoms with Crippen LogP contribution in [0.2, 0.25) is 0 Å². The molecule has 0 radical (unpaired) electrons. The summed E-state index contributed by atoms with van der Waals surface area (Å²) in [5.41, 5.74) is 12.2. The van der Waals surface area contributed by atoms with Crippen molar-refractivity contribution >= 4 is 94.3 Å². The third kappa shape index (κ3) is 27.3. The van der Waals surface area contributed by atoms with Crippen LogP contribution in [0.3, 0.4) is 0 Å². The molecule has 12 amide bonds. The number of nitrogens with two attached hydrogens (primary N) is 3. The number of rotatable bonds is 47. The molecule has 2 heterocycles. The molecule has 4 rings (SSSR count). The van der Waals surface area contributed by atoms with Gasteiger partial charge in [0, 0.05) is 96.9 Å². The maximum Gasteiger partial charge on any atom is 0.410 e. The summed E-state index contributed by atoms with van der Waals surface area (Å²) in [4.78, 5) is 184. The summed E-state index contributed by atoms with van der Waals surface area (Å²) in [6, 6.07) is 10.0. The van der Waals surface area contributed by atoms with E-state index in [1.54, 1.807) is 94.8 Å². The van der Waals surface area contributed by atoms with Crippen molar-refractivity contribution in [1.29, 1.82) is 0 Å². The second-order valence-electron chi connectivity index (χ2n) is 28.9. The number of unbranched alkanes of at least 4 members (excludes halogenated alkanes) is 2. The first kappa shape index (κ1) is 90.3. The van der Waals surface area contributed by atoms with Crippen molar-refractivity contribution in [3.05, 3.63) is 65.7 Å². The van der Waals surface area contributed by atoms with Crippen molar-refractivity contribution in [2.45, 2.75) is 219 Å². The fourth-order valence-electron chi connectivity index (χ4n) is 13.8. The molecule has 30 nitrogen and oxygen atoms in total. The van der Waals surface area contributed by atoms with Crippen LogP contribution >= 0.6 is 11.8 Å². The van der Waals surface area contributed by atoms with E-state index >= 15 is 0 Å². The second kappa shape index (κ2) is 44.9. The van der Waals surface area contributed by atoms with Crippen molar-refractivity contribution in [3.63, 3.8) is 0 Å². The molecule has 0 saturated carbocycles. The Balaban J connectivity index is 1.34. The van der Waals surface area contributed by atoms with Crippen LogP contribution < -0.4 is 43.9 Å². The number of aliphatic hydroxyl groups excluding tert-OH is 1. The first-order valence-electron chi connectivity index (χ1n) is 36.8. The van der Waals surface area contributed by atoms with Crippen LogP contribution in [-0.2, 0) is 78.4 Å². The predicted octanol–water partition coefficient (Wildman–Crippen LogP) is 5.05. The molecule has 0 bridgehead atoms. The SMILES string of the molecule is CC[C@H](C)[C@@H]([C@@H](CC(=O)N1CCC[C@H]1[C@H](OC)[C@@H](C)C(=O)N[C@H](C)[C@@H](O)c1ccccc1)OC)N(C)C(=O)[C@@H](CC(=O)[C@H](C(C)C)N(C)C(=O)OCc1ccc(NC(=O)[C@H](CCCNC(N)=O)CC(=O)[C@@H](NC(=O)CCCCCN2C(=O)CC(SCC(NC(=O)CON)C(N)=O)C2=O)C(C)C)cc1)C(C)C. The molecule has 2 fully saturated rings. The molecular formula is C75H118N12O18S. The minimum atomic E-state index is -1.13. The van der Waals surface area contributed by atoms with Gasteiger partial charge in [0.1, 0.15) is 19.3 Å². The largest absolute Gasteiger partial charge is 0.445 e. The van der Waals surface area contributed by atoms with E-state index in [4.69, 9.17) is 31.6 Å². The maximum atomic E-state index is 14.9. The Bertz CT molecular complexity index is 3260. The summed E-state index contributed by atoms with van der Waals surface area (Å²) in [7, 11) is 6.16. The van der Waals surface area contributed by atoms with Crippen molar-refractivity contribution < 1.29 is 86.5 Å². The highest BCUT2D eigenvalue weighted by Crippen LogP contribution is 2.33. The number of ketones is 2. The lowest BCUT2D eigenvalue weighted by atomic mass is 9.83.